The number of para-hydroxylation sites is 1. The van der Waals surface area contributed by atoms with E-state index in [0.717, 1.165) is 21.4 Å². The van der Waals surface area contributed by atoms with Gasteiger partial charge in [-0.1, -0.05) is 24.3 Å². The van der Waals surface area contributed by atoms with Gasteiger partial charge < -0.3 is 5.32 Å². The Bertz CT molecular complexity index is 1430. The summed E-state index contributed by atoms with van der Waals surface area (Å²) in [5.74, 6) is -0.504. The number of rotatable bonds is 6. The van der Waals surface area contributed by atoms with Gasteiger partial charge in [0.2, 0.25) is 0 Å². The van der Waals surface area contributed by atoms with Crippen LogP contribution in [0.2, 0.25) is 0 Å². The van der Waals surface area contributed by atoms with E-state index >= 15 is 0 Å². The zero-order valence-corrected chi connectivity index (χ0v) is 19.5. The molecule has 1 N–H and O–H groups in total. The molecule has 1 aliphatic heterocycles. The van der Waals surface area contributed by atoms with Gasteiger partial charge in [0.15, 0.2) is 0 Å². The minimum Gasteiger partial charge on any atom is -0.322 e. The van der Waals surface area contributed by atoms with E-state index in [0.29, 0.717) is 5.69 Å². The highest BCUT2D eigenvalue weighted by atomic mass is 32.2. The normalized spacial score (nSPS) is 18.0. The molecule has 0 bridgehead atoms. The van der Waals surface area contributed by atoms with Crippen LogP contribution in [0, 0.1) is 0 Å². The van der Waals surface area contributed by atoms with Crippen molar-refractivity contribution < 1.29 is 22.8 Å². The molecule has 1 aliphatic rings. The minimum absolute atomic E-state index is 0.0405. The number of nitrogens with one attached hydrogen (secondary N) is 1. The van der Waals surface area contributed by atoms with Crippen molar-refractivity contribution in [3.05, 3.63) is 96.4 Å². The van der Waals surface area contributed by atoms with Gasteiger partial charge in [-0.3, -0.25) is 14.8 Å². The van der Waals surface area contributed by atoms with E-state index in [1.807, 2.05) is 30.3 Å². The number of carbonyl (C=O) groups excluding carboxylic acids is 2. The molecule has 5 rings (SSSR count). The quantitative estimate of drug-likeness (QED) is 0.274. The first kappa shape index (κ1) is 23.8. The smallest absolute Gasteiger partial charge is 0.322 e. The Labute approximate surface area is 208 Å². The molecule has 2 aromatic heterocycles. The van der Waals surface area contributed by atoms with Crippen LogP contribution in [0.25, 0.3) is 10.9 Å². The lowest BCUT2D eigenvalue weighted by Crippen LogP contribution is -2.51. The molecule has 3 heterocycles. The van der Waals surface area contributed by atoms with Gasteiger partial charge >= 0.3 is 11.5 Å². The van der Waals surface area contributed by atoms with Crippen LogP contribution in [-0.2, 0) is 17.6 Å². The molecule has 0 saturated carbocycles. The zero-order valence-electron chi connectivity index (χ0n) is 18.7. The number of urea groups is 1. The molecule has 2 aromatic carbocycles. The Balaban J connectivity index is 1.53. The van der Waals surface area contributed by atoms with Gasteiger partial charge in [-0.15, -0.1) is 0 Å². The standard InChI is InChI=1S/C26H19F3N4O2S/c27-26(28,29)36-20-10-8-19(9-11-20)33-23(34)25(32-24(33)35,16-18-5-3-4-13-30-18)15-17-12-14-31-22-7-2-1-6-21(17)22/h1-14H,15-16H2,(H,32,35)/t25-/m0/s1. The Hall–Kier alpha value is -3.92. The molecular formula is C26H19F3N4O2S. The van der Waals surface area contributed by atoms with Crippen molar-refractivity contribution in [1.82, 2.24) is 15.3 Å². The van der Waals surface area contributed by atoms with Crippen LogP contribution in [0.5, 0.6) is 0 Å². The number of carbonyl (C=O) groups is 2. The minimum atomic E-state index is -4.44. The van der Waals surface area contributed by atoms with Gasteiger partial charge in [0, 0.05) is 41.2 Å². The second kappa shape index (κ2) is 9.27. The van der Waals surface area contributed by atoms with E-state index in [1.165, 1.54) is 24.3 Å². The molecule has 0 aliphatic carbocycles. The van der Waals surface area contributed by atoms with Crippen molar-refractivity contribution in [2.45, 2.75) is 28.8 Å². The molecule has 3 amide bonds. The number of alkyl halides is 3. The first-order valence-electron chi connectivity index (χ1n) is 11.0. The summed E-state index contributed by atoms with van der Waals surface area (Å²) in [6, 6.07) is 19.2. The van der Waals surface area contributed by atoms with Gasteiger partial charge in [0.25, 0.3) is 5.91 Å². The molecule has 10 heteroatoms. The second-order valence-electron chi connectivity index (χ2n) is 8.36. The van der Waals surface area contributed by atoms with Crippen molar-refractivity contribution >= 4 is 40.3 Å². The highest BCUT2D eigenvalue weighted by Gasteiger charge is 2.52. The molecule has 1 saturated heterocycles. The lowest BCUT2D eigenvalue weighted by molar-refractivity contribution is -0.122. The summed E-state index contributed by atoms with van der Waals surface area (Å²) in [5.41, 5.74) is -3.41. The Morgan fingerprint density at radius 2 is 1.61 bits per heavy atom. The molecular weight excluding hydrogens is 489 g/mol. The maximum Gasteiger partial charge on any atom is 0.446 e. The average molecular weight is 509 g/mol. The van der Waals surface area contributed by atoms with Gasteiger partial charge in [-0.2, -0.15) is 13.2 Å². The Morgan fingerprint density at radius 1 is 0.861 bits per heavy atom. The fourth-order valence-electron chi connectivity index (χ4n) is 4.40. The van der Waals surface area contributed by atoms with E-state index in [4.69, 9.17) is 0 Å². The van der Waals surface area contributed by atoms with Crippen LogP contribution in [0.15, 0.2) is 90.1 Å². The summed E-state index contributed by atoms with van der Waals surface area (Å²) in [4.78, 5) is 36.7. The number of aromatic nitrogens is 2. The van der Waals surface area contributed by atoms with E-state index in [-0.39, 0.29) is 35.2 Å². The number of fused-ring (bicyclic) bond motifs is 1. The summed E-state index contributed by atoms with van der Waals surface area (Å²) >= 11 is -0.260. The van der Waals surface area contributed by atoms with E-state index in [1.54, 1.807) is 30.6 Å². The highest BCUT2D eigenvalue weighted by molar-refractivity contribution is 8.00. The third-order valence-electron chi connectivity index (χ3n) is 5.93. The average Bonchev–Trinajstić information content (AvgIpc) is 3.08. The fourth-order valence-corrected chi connectivity index (χ4v) is 4.94. The number of anilines is 1. The number of thioether (sulfide) groups is 1. The van der Waals surface area contributed by atoms with Crippen LogP contribution in [0.1, 0.15) is 11.3 Å². The van der Waals surface area contributed by atoms with Crippen molar-refractivity contribution in [2.24, 2.45) is 0 Å². The largest absolute Gasteiger partial charge is 0.446 e. The molecule has 0 radical (unpaired) electrons. The number of benzene rings is 2. The fraction of sp³-hybridized carbons (Fsp3) is 0.154. The summed E-state index contributed by atoms with van der Waals surface area (Å²) in [6.07, 6.45) is 3.58. The van der Waals surface area contributed by atoms with Gasteiger partial charge in [-0.05, 0) is 65.9 Å². The number of hydrogen-bond acceptors (Lipinski definition) is 5. The van der Waals surface area contributed by atoms with Crippen molar-refractivity contribution in [3.8, 4) is 0 Å². The summed E-state index contributed by atoms with van der Waals surface area (Å²) in [6.45, 7) is 0. The first-order valence-corrected chi connectivity index (χ1v) is 11.8. The third kappa shape index (κ3) is 4.76. The van der Waals surface area contributed by atoms with Crippen molar-refractivity contribution in [1.29, 1.82) is 0 Å². The third-order valence-corrected chi connectivity index (χ3v) is 6.67. The van der Waals surface area contributed by atoms with Crippen LogP contribution < -0.4 is 10.2 Å². The molecule has 1 atom stereocenters. The van der Waals surface area contributed by atoms with Crippen LogP contribution in [0.3, 0.4) is 0 Å². The van der Waals surface area contributed by atoms with E-state index in [2.05, 4.69) is 15.3 Å². The number of nitrogens with zero attached hydrogens (tertiary/aromatic N) is 3. The summed E-state index contributed by atoms with van der Waals surface area (Å²) < 4.78 is 38.2. The van der Waals surface area contributed by atoms with Crippen LogP contribution in [0.4, 0.5) is 23.7 Å². The monoisotopic (exact) mass is 508 g/mol. The lowest BCUT2D eigenvalue weighted by Gasteiger charge is -2.27. The topological polar surface area (TPSA) is 75.2 Å². The first-order chi connectivity index (χ1) is 17.2. The number of amides is 3. The Kier molecular flexibility index (Phi) is 6.13. The maximum atomic E-state index is 13.9. The predicted molar refractivity (Wildman–Crippen MR) is 130 cm³/mol. The number of imide groups is 1. The molecule has 0 unspecified atom stereocenters. The van der Waals surface area contributed by atoms with Crippen LogP contribution in [-0.4, -0.2) is 33.0 Å². The lowest BCUT2D eigenvalue weighted by atomic mass is 9.85. The number of pyridine rings is 2. The SMILES string of the molecule is O=C1N[C@](Cc2ccccn2)(Cc2ccnc3ccccc23)C(=O)N1c1ccc(SC(F)(F)F)cc1. The maximum absolute atomic E-state index is 13.9. The van der Waals surface area contributed by atoms with E-state index in [9.17, 15) is 22.8 Å². The van der Waals surface area contributed by atoms with E-state index < -0.39 is 23.0 Å². The molecule has 4 aromatic rings. The van der Waals surface area contributed by atoms with Gasteiger partial charge in [0.1, 0.15) is 5.54 Å². The summed E-state index contributed by atoms with van der Waals surface area (Å²) in [5, 5.41) is 3.73. The molecule has 36 heavy (non-hydrogen) atoms. The van der Waals surface area contributed by atoms with Gasteiger partial charge in [0.05, 0.1) is 11.2 Å². The molecule has 0 spiro atoms. The second-order valence-corrected chi connectivity index (χ2v) is 9.49. The van der Waals surface area contributed by atoms with Crippen molar-refractivity contribution in [2.75, 3.05) is 4.90 Å². The predicted octanol–water partition coefficient (Wildman–Crippen LogP) is 5.52. The zero-order chi connectivity index (χ0) is 25.3. The van der Waals surface area contributed by atoms with Crippen molar-refractivity contribution in [3.63, 3.8) is 0 Å². The Morgan fingerprint density at radius 3 is 2.33 bits per heavy atom. The number of halogens is 3. The summed E-state index contributed by atoms with van der Waals surface area (Å²) in [7, 11) is 0. The van der Waals surface area contributed by atoms with Gasteiger partial charge in [-0.25, -0.2) is 9.69 Å². The van der Waals surface area contributed by atoms with Crippen LogP contribution >= 0.6 is 11.8 Å². The molecule has 1 fully saturated rings. The molecule has 182 valence electrons. The molecule has 6 nitrogen and oxygen atoms in total. The number of hydrogen-bond donors (Lipinski definition) is 1. The highest BCUT2D eigenvalue weighted by Crippen LogP contribution is 2.38.